The number of ether oxygens (including phenoxy) is 1. The normalized spacial score (nSPS) is 17.5. The van der Waals surface area contributed by atoms with Gasteiger partial charge in [-0.1, -0.05) is 18.2 Å². The molecule has 0 bridgehead atoms. The van der Waals surface area contributed by atoms with Gasteiger partial charge in [-0.2, -0.15) is 5.10 Å². The highest BCUT2D eigenvalue weighted by molar-refractivity contribution is 5.97. The molecule has 2 aromatic rings. The average molecular weight is 414 g/mol. The Morgan fingerprint density at radius 1 is 1.20 bits per heavy atom. The van der Waals surface area contributed by atoms with Crippen LogP contribution in [0.2, 0.25) is 0 Å². The summed E-state index contributed by atoms with van der Waals surface area (Å²) in [5, 5.41) is 7.52. The number of hydrogen-bond donors (Lipinski definition) is 1. The van der Waals surface area contributed by atoms with E-state index in [0.29, 0.717) is 12.2 Å². The molecule has 0 saturated carbocycles. The van der Waals surface area contributed by atoms with Crippen molar-refractivity contribution >= 4 is 17.6 Å². The summed E-state index contributed by atoms with van der Waals surface area (Å²) in [4.78, 5) is 29.5. The first kappa shape index (κ1) is 22.0. The highest BCUT2D eigenvalue weighted by Crippen LogP contribution is 2.18. The second-order valence-corrected chi connectivity index (χ2v) is 8.44. The maximum Gasteiger partial charge on any atom is 0.415 e. The molecular weight excluding hydrogens is 382 g/mol. The van der Waals surface area contributed by atoms with Gasteiger partial charge in [0.2, 0.25) is 0 Å². The monoisotopic (exact) mass is 413 g/mol. The Labute approximate surface area is 177 Å². The van der Waals surface area contributed by atoms with Crippen LogP contribution in [0.1, 0.15) is 20.8 Å². The molecule has 1 atom stereocenters. The van der Waals surface area contributed by atoms with Gasteiger partial charge in [-0.15, -0.1) is 0 Å². The lowest BCUT2D eigenvalue weighted by atomic mass is 10.1. The number of carbonyl (C=O) groups is 2. The fourth-order valence-electron chi connectivity index (χ4n) is 3.36. The van der Waals surface area contributed by atoms with E-state index in [1.165, 1.54) is 4.90 Å². The Kier molecular flexibility index (Phi) is 7.23. The fourth-order valence-corrected chi connectivity index (χ4v) is 3.36. The second kappa shape index (κ2) is 9.86. The average Bonchev–Trinajstić information content (AvgIpc) is 3.23. The van der Waals surface area contributed by atoms with Crippen LogP contribution in [0.25, 0.3) is 0 Å². The number of ketones is 1. The maximum absolute atomic E-state index is 13.1. The third kappa shape index (κ3) is 6.40. The van der Waals surface area contributed by atoms with Crippen molar-refractivity contribution in [3.63, 3.8) is 0 Å². The van der Waals surface area contributed by atoms with Gasteiger partial charge in [-0.05, 0) is 39.0 Å². The SMILES string of the molecule is CC(C)(C)OC(=O)N(CC(=O)C1CN(CCn2cccn2)CCN1)c1ccccc1. The van der Waals surface area contributed by atoms with Crippen molar-refractivity contribution in [3.8, 4) is 0 Å². The minimum Gasteiger partial charge on any atom is -0.443 e. The smallest absolute Gasteiger partial charge is 0.415 e. The topological polar surface area (TPSA) is 79.7 Å². The summed E-state index contributed by atoms with van der Waals surface area (Å²) in [7, 11) is 0. The number of nitrogens with one attached hydrogen (secondary N) is 1. The molecule has 1 aliphatic rings. The first-order chi connectivity index (χ1) is 14.3. The number of anilines is 1. The molecule has 0 aliphatic carbocycles. The van der Waals surface area contributed by atoms with Gasteiger partial charge >= 0.3 is 6.09 Å². The number of amides is 1. The summed E-state index contributed by atoms with van der Waals surface area (Å²) in [6.45, 7) is 9.22. The molecule has 1 N–H and O–H groups in total. The molecule has 0 radical (unpaired) electrons. The maximum atomic E-state index is 13.1. The van der Waals surface area contributed by atoms with Crippen LogP contribution in [0, 0.1) is 0 Å². The van der Waals surface area contributed by atoms with Gasteiger partial charge in [0.25, 0.3) is 0 Å². The van der Waals surface area contributed by atoms with Gasteiger partial charge in [0, 0.05) is 44.3 Å². The first-order valence-corrected chi connectivity index (χ1v) is 10.3. The molecule has 1 aromatic carbocycles. The number of piperazine rings is 1. The number of aromatic nitrogens is 2. The number of nitrogens with zero attached hydrogens (tertiary/aromatic N) is 4. The van der Waals surface area contributed by atoms with Crippen molar-refractivity contribution in [3.05, 3.63) is 48.8 Å². The molecule has 1 saturated heterocycles. The second-order valence-electron chi connectivity index (χ2n) is 8.44. The highest BCUT2D eigenvalue weighted by Gasteiger charge is 2.30. The standard InChI is InChI=1S/C22H31N5O3/c1-22(2,3)30-21(29)27(18-8-5-4-6-9-18)17-20(28)19-16-25(13-11-23-19)14-15-26-12-7-10-24-26/h4-10,12,19,23H,11,13-17H2,1-3H3. The molecule has 30 heavy (non-hydrogen) atoms. The number of carbonyl (C=O) groups excluding carboxylic acids is 2. The zero-order chi connectivity index (χ0) is 21.6. The summed E-state index contributed by atoms with van der Waals surface area (Å²) < 4.78 is 7.43. The summed E-state index contributed by atoms with van der Waals surface area (Å²) in [6.07, 6.45) is 3.18. The Bertz CT molecular complexity index is 817. The minimum atomic E-state index is -0.639. The van der Waals surface area contributed by atoms with Gasteiger partial charge in [0.05, 0.1) is 19.1 Å². The van der Waals surface area contributed by atoms with Crippen LogP contribution in [0.3, 0.4) is 0 Å². The van der Waals surface area contributed by atoms with E-state index < -0.39 is 11.7 Å². The summed E-state index contributed by atoms with van der Waals surface area (Å²) in [5.41, 5.74) is 0.00552. The quantitative estimate of drug-likeness (QED) is 0.749. The third-order valence-electron chi connectivity index (χ3n) is 4.85. The van der Waals surface area contributed by atoms with E-state index in [0.717, 1.165) is 26.2 Å². The molecule has 1 aliphatic heterocycles. The van der Waals surface area contributed by atoms with Crippen molar-refractivity contribution in [2.75, 3.05) is 37.6 Å². The zero-order valence-electron chi connectivity index (χ0n) is 18.0. The van der Waals surface area contributed by atoms with Gasteiger partial charge < -0.3 is 10.1 Å². The van der Waals surface area contributed by atoms with Crippen LogP contribution >= 0.6 is 0 Å². The molecule has 8 nitrogen and oxygen atoms in total. The van der Waals surface area contributed by atoms with Gasteiger partial charge in [0.15, 0.2) is 5.78 Å². The van der Waals surface area contributed by atoms with E-state index in [1.54, 1.807) is 6.20 Å². The predicted octanol–water partition coefficient (Wildman–Crippen LogP) is 2.17. The first-order valence-electron chi connectivity index (χ1n) is 10.3. The zero-order valence-corrected chi connectivity index (χ0v) is 18.0. The van der Waals surface area contributed by atoms with E-state index >= 15 is 0 Å². The van der Waals surface area contributed by atoms with Crippen LogP contribution in [0.4, 0.5) is 10.5 Å². The van der Waals surface area contributed by atoms with E-state index in [4.69, 9.17) is 4.74 Å². The molecule has 8 heteroatoms. The van der Waals surface area contributed by atoms with Crippen molar-refractivity contribution in [2.45, 2.75) is 39.0 Å². The lowest BCUT2D eigenvalue weighted by molar-refractivity contribution is -0.120. The number of hydrogen-bond acceptors (Lipinski definition) is 6. The van der Waals surface area contributed by atoms with Crippen LogP contribution in [-0.4, -0.2) is 70.9 Å². The van der Waals surface area contributed by atoms with Crippen molar-refractivity contribution in [1.29, 1.82) is 0 Å². The van der Waals surface area contributed by atoms with Crippen LogP contribution in [0.15, 0.2) is 48.8 Å². The lowest BCUT2D eigenvalue weighted by Gasteiger charge is -2.34. The Balaban J connectivity index is 1.63. The van der Waals surface area contributed by atoms with Crippen molar-refractivity contribution in [1.82, 2.24) is 20.0 Å². The van der Waals surface area contributed by atoms with Crippen molar-refractivity contribution in [2.24, 2.45) is 0 Å². The predicted molar refractivity (Wildman–Crippen MR) is 115 cm³/mol. The number of Topliss-reactive ketones (excluding diaryl/α,β-unsaturated/α-hetero) is 1. The van der Waals surface area contributed by atoms with Crippen LogP contribution in [0.5, 0.6) is 0 Å². The van der Waals surface area contributed by atoms with Gasteiger partial charge in [-0.25, -0.2) is 4.79 Å². The minimum absolute atomic E-state index is 0.0338. The summed E-state index contributed by atoms with van der Waals surface area (Å²) in [6, 6.07) is 10.7. The molecule has 1 amide bonds. The van der Waals surface area contributed by atoms with Crippen molar-refractivity contribution < 1.29 is 14.3 Å². The number of para-hydroxylation sites is 1. The van der Waals surface area contributed by atoms with Gasteiger partial charge in [-0.3, -0.25) is 19.3 Å². The summed E-state index contributed by atoms with van der Waals surface area (Å²) >= 11 is 0. The number of rotatable bonds is 7. The van der Waals surface area contributed by atoms with E-state index in [-0.39, 0.29) is 18.4 Å². The van der Waals surface area contributed by atoms with E-state index in [2.05, 4.69) is 15.3 Å². The van der Waals surface area contributed by atoms with E-state index in [9.17, 15) is 9.59 Å². The van der Waals surface area contributed by atoms with E-state index in [1.807, 2.05) is 68.0 Å². The molecule has 3 rings (SSSR count). The molecule has 1 aromatic heterocycles. The highest BCUT2D eigenvalue weighted by atomic mass is 16.6. The summed E-state index contributed by atoms with van der Waals surface area (Å²) in [5.74, 6) is -0.0338. The fraction of sp³-hybridized carbons (Fsp3) is 0.500. The van der Waals surface area contributed by atoms with Gasteiger partial charge in [0.1, 0.15) is 5.60 Å². The molecule has 2 heterocycles. The number of benzene rings is 1. The molecular formula is C22H31N5O3. The van der Waals surface area contributed by atoms with Crippen LogP contribution < -0.4 is 10.2 Å². The molecule has 162 valence electrons. The lowest BCUT2D eigenvalue weighted by Crippen LogP contribution is -2.57. The van der Waals surface area contributed by atoms with Crippen LogP contribution in [-0.2, 0) is 16.1 Å². The Morgan fingerprint density at radius 2 is 1.97 bits per heavy atom. The molecule has 1 fully saturated rings. The molecule has 0 spiro atoms. The molecule has 1 unspecified atom stereocenters. The largest absolute Gasteiger partial charge is 0.443 e. The third-order valence-corrected chi connectivity index (χ3v) is 4.85. The Morgan fingerprint density at radius 3 is 2.63 bits per heavy atom. The Hall–Kier alpha value is -2.71.